The van der Waals surface area contributed by atoms with Crippen LogP contribution in [0.25, 0.3) is 0 Å². The van der Waals surface area contributed by atoms with Crippen LogP contribution >= 0.6 is 0 Å². The number of carboxylic acids is 1. The summed E-state index contributed by atoms with van der Waals surface area (Å²) >= 11 is 0. The van der Waals surface area contributed by atoms with E-state index in [1.165, 1.54) is 12.5 Å². The molecule has 0 aromatic heterocycles. The molecule has 0 fully saturated rings. The zero-order valence-electron chi connectivity index (χ0n) is 7.14. The van der Waals surface area contributed by atoms with Gasteiger partial charge in [-0.05, 0) is 13.8 Å². The third-order valence-electron chi connectivity index (χ3n) is 0.412. The Bertz CT molecular complexity index is 110. The Morgan fingerprint density at radius 1 is 1.40 bits per heavy atom. The van der Waals surface area contributed by atoms with Gasteiger partial charge in [-0.15, -0.1) is 0 Å². The third-order valence-corrected chi connectivity index (χ3v) is 0.412. The van der Waals surface area contributed by atoms with Crippen LogP contribution in [0.5, 0.6) is 0 Å². The predicted octanol–water partition coefficient (Wildman–Crippen LogP) is 2.45. The van der Waals surface area contributed by atoms with Crippen LogP contribution in [0.15, 0.2) is 11.6 Å². The van der Waals surface area contributed by atoms with Gasteiger partial charge in [0.15, 0.2) is 0 Å². The molecule has 0 unspecified atom stereocenters. The van der Waals surface area contributed by atoms with E-state index in [4.69, 9.17) is 5.11 Å². The van der Waals surface area contributed by atoms with Crippen molar-refractivity contribution in [2.45, 2.75) is 34.1 Å². The average molecular weight is 144 g/mol. The first-order valence-electron chi connectivity index (χ1n) is 3.42. The molecule has 0 rings (SSSR count). The highest BCUT2D eigenvalue weighted by Gasteiger charge is 1.83. The van der Waals surface area contributed by atoms with E-state index in [2.05, 4.69) is 13.8 Å². The Morgan fingerprint density at radius 3 is 1.70 bits per heavy atom. The zero-order valence-corrected chi connectivity index (χ0v) is 7.14. The number of hydrogen-bond acceptors (Lipinski definition) is 1. The monoisotopic (exact) mass is 144 g/mol. The lowest BCUT2D eigenvalue weighted by Gasteiger charge is -1.79. The van der Waals surface area contributed by atoms with Crippen LogP contribution < -0.4 is 0 Å². The molecule has 60 valence electrons. The summed E-state index contributed by atoms with van der Waals surface area (Å²) in [7, 11) is 0. The number of allylic oxidation sites excluding steroid dienone is 1. The molecule has 2 nitrogen and oxygen atoms in total. The van der Waals surface area contributed by atoms with Gasteiger partial charge in [-0.25, -0.2) is 4.79 Å². The van der Waals surface area contributed by atoms with E-state index in [0.29, 0.717) is 0 Å². The van der Waals surface area contributed by atoms with E-state index < -0.39 is 5.97 Å². The van der Waals surface area contributed by atoms with Gasteiger partial charge >= 0.3 is 5.97 Å². The fourth-order valence-electron chi connectivity index (χ4n) is 0.247. The molecule has 0 spiro atoms. The van der Waals surface area contributed by atoms with Gasteiger partial charge in [0.2, 0.25) is 0 Å². The van der Waals surface area contributed by atoms with E-state index >= 15 is 0 Å². The molecule has 2 heteroatoms. The first kappa shape index (κ1) is 11.9. The maximum atomic E-state index is 9.73. The van der Waals surface area contributed by atoms with Crippen molar-refractivity contribution in [2.75, 3.05) is 0 Å². The minimum absolute atomic E-state index is 0.813. The van der Waals surface area contributed by atoms with Crippen molar-refractivity contribution in [3.05, 3.63) is 11.6 Å². The molecule has 0 aliphatic heterocycles. The highest BCUT2D eigenvalue weighted by molar-refractivity contribution is 5.80. The Kier molecular flexibility index (Phi) is 9.80. The summed E-state index contributed by atoms with van der Waals surface area (Å²) in [4.78, 5) is 9.73. The lowest BCUT2D eigenvalue weighted by Crippen LogP contribution is -1.86. The van der Waals surface area contributed by atoms with Crippen LogP contribution in [0.2, 0.25) is 0 Å². The van der Waals surface area contributed by atoms with Crippen molar-refractivity contribution in [3.63, 3.8) is 0 Å². The van der Waals surface area contributed by atoms with Crippen molar-refractivity contribution in [1.82, 2.24) is 0 Å². The number of hydrogen-bond donors (Lipinski definition) is 1. The zero-order chi connectivity index (χ0) is 8.57. The quantitative estimate of drug-likeness (QED) is 0.574. The maximum absolute atomic E-state index is 9.73. The molecule has 0 saturated heterocycles. The average Bonchev–Trinajstić information content (AvgIpc) is 1.62. The Balaban J connectivity index is 0. The fraction of sp³-hybridized carbons (Fsp3) is 0.625. The van der Waals surface area contributed by atoms with Crippen LogP contribution in [-0.4, -0.2) is 11.1 Å². The fourth-order valence-corrected chi connectivity index (χ4v) is 0.247. The molecule has 1 N–H and O–H groups in total. The maximum Gasteiger partial charge on any atom is 0.328 e. The second-order valence-electron chi connectivity index (χ2n) is 2.27. The predicted molar refractivity (Wildman–Crippen MR) is 43.0 cm³/mol. The van der Waals surface area contributed by atoms with Gasteiger partial charge in [0, 0.05) is 6.08 Å². The first-order valence-corrected chi connectivity index (χ1v) is 3.42. The normalized spacial score (nSPS) is 7.20. The van der Waals surface area contributed by atoms with Crippen molar-refractivity contribution in [1.29, 1.82) is 0 Å². The van der Waals surface area contributed by atoms with E-state index in [1.54, 1.807) is 13.8 Å². The van der Waals surface area contributed by atoms with Gasteiger partial charge in [-0.1, -0.05) is 25.8 Å². The summed E-state index contributed by atoms with van der Waals surface area (Å²) < 4.78 is 0. The first-order chi connectivity index (χ1) is 4.54. The minimum atomic E-state index is -0.875. The molecule has 0 amide bonds. The molecule has 0 saturated carbocycles. The molecule has 0 atom stereocenters. The molecule has 0 heterocycles. The van der Waals surface area contributed by atoms with E-state index in [9.17, 15) is 4.79 Å². The highest BCUT2D eigenvalue weighted by Crippen LogP contribution is 1.85. The van der Waals surface area contributed by atoms with Gasteiger partial charge in [-0.3, -0.25) is 0 Å². The summed E-state index contributed by atoms with van der Waals surface area (Å²) in [5.41, 5.74) is 0.813. The molecule has 0 radical (unpaired) electrons. The minimum Gasteiger partial charge on any atom is -0.478 e. The van der Waals surface area contributed by atoms with E-state index in [1.807, 2.05) is 0 Å². The molecular weight excluding hydrogens is 128 g/mol. The van der Waals surface area contributed by atoms with Crippen molar-refractivity contribution in [2.24, 2.45) is 0 Å². The summed E-state index contributed by atoms with van der Waals surface area (Å²) in [5, 5.41) is 8.01. The van der Waals surface area contributed by atoms with Crippen molar-refractivity contribution >= 4 is 5.97 Å². The van der Waals surface area contributed by atoms with Crippen LogP contribution in [0, 0.1) is 0 Å². The lowest BCUT2D eigenvalue weighted by molar-refractivity contribution is -0.131. The van der Waals surface area contributed by atoms with Gasteiger partial charge in [0.25, 0.3) is 0 Å². The Labute approximate surface area is 62.6 Å². The number of carbonyl (C=O) groups is 1. The lowest BCUT2D eigenvalue weighted by atomic mass is 10.3. The second-order valence-corrected chi connectivity index (χ2v) is 2.27. The topological polar surface area (TPSA) is 37.3 Å². The van der Waals surface area contributed by atoms with Crippen LogP contribution in [0.3, 0.4) is 0 Å². The number of rotatable bonds is 1. The Morgan fingerprint density at radius 2 is 1.70 bits per heavy atom. The summed E-state index contributed by atoms with van der Waals surface area (Å²) in [5.74, 6) is -0.875. The SMILES string of the molecule is CC(C)=CC(=O)O.CCC. The number of carboxylic acid groups (broad SMARTS) is 1. The van der Waals surface area contributed by atoms with Gasteiger partial charge in [0.1, 0.15) is 0 Å². The molecule has 10 heavy (non-hydrogen) atoms. The van der Waals surface area contributed by atoms with E-state index in [-0.39, 0.29) is 0 Å². The van der Waals surface area contributed by atoms with Crippen LogP contribution in [-0.2, 0) is 4.79 Å². The molecule has 0 aliphatic rings. The van der Waals surface area contributed by atoms with Crippen LogP contribution in [0.4, 0.5) is 0 Å². The van der Waals surface area contributed by atoms with Crippen molar-refractivity contribution < 1.29 is 9.90 Å². The second kappa shape index (κ2) is 8.21. The smallest absolute Gasteiger partial charge is 0.328 e. The number of aliphatic carboxylic acids is 1. The summed E-state index contributed by atoms with van der Waals surface area (Å²) in [6.07, 6.45) is 2.42. The molecular formula is C8H16O2. The highest BCUT2D eigenvalue weighted by atomic mass is 16.4. The molecule has 0 aliphatic carbocycles. The van der Waals surface area contributed by atoms with E-state index in [0.717, 1.165) is 5.57 Å². The standard InChI is InChI=1S/C5H8O2.C3H8/c1-4(2)3-5(6)7;1-3-2/h3H,1-2H3,(H,6,7);3H2,1-2H3. The van der Waals surface area contributed by atoms with Gasteiger partial charge in [0.05, 0.1) is 0 Å². The van der Waals surface area contributed by atoms with Crippen molar-refractivity contribution in [3.8, 4) is 0 Å². The Hall–Kier alpha value is -0.790. The summed E-state index contributed by atoms with van der Waals surface area (Å²) in [6, 6.07) is 0. The molecule has 0 aromatic rings. The summed E-state index contributed by atoms with van der Waals surface area (Å²) in [6.45, 7) is 7.74. The van der Waals surface area contributed by atoms with Gasteiger partial charge in [-0.2, -0.15) is 0 Å². The molecule has 0 aromatic carbocycles. The molecule has 0 bridgehead atoms. The van der Waals surface area contributed by atoms with Gasteiger partial charge < -0.3 is 5.11 Å². The van der Waals surface area contributed by atoms with Crippen LogP contribution in [0.1, 0.15) is 34.1 Å². The largest absolute Gasteiger partial charge is 0.478 e. The third kappa shape index (κ3) is 27.0.